The molecule has 1 N–H and O–H groups in total. The van der Waals surface area contributed by atoms with Crippen LogP contribution in [0.3, 0.4) is 0 Å². The van der Waals surface area contributed by atoms with Gasteiger partial charge in [0.25, 0.3) is 10.0 Å². The third-order valence-electron chi connectivity index (χ3n) is 2.73. The summed E-state index contributed by atoms with van der Waals surface area (Å²) in [7, 11) is -4.40. The van der Waals surface area contributed by atoms with Gasteiger partial charge in [0, 0.05) is 9.50 Å². The lowest BCUT2D eigenvalue weighted by atomic mass is 10.2. The molecule has 0 spiro atoms. The van der Waals surface area contributed by atoms with E-state index in [1.54, 1.807) is 0 Å². The van der Waals surface area contributed by atoms with E-state index in [0.29, 0.717) is 6.07 Å². The second kappa shape index (κ2) is 6.29. The lowest BCUT2D eigenvalue weighted by Crippen LogP contribution is -2.15. The highest BCUT2D eigenvalue weighted by Gasteiger charge is 2.34. The van der Waals surface area contributed by atoms with E-state index in [1.807, 2.05) is 4.72 Å². The Morgan fingerprint density at radius 1 is 1.09 bits per heavy atom. The molecule has 0 saturated carbocycles. The van der Waals surface area contributed by atoms with Gasteiger partial charge >= 0.3 is 6.18 Å². The van der Waals surface area contributed by atoms with Gasteiger partial charge in [-0.15, -0.1) is 0 Å². The van der Waals surface area contributed by atoms with Crippen LogP contribution in [0.2, 0.25) is 5.02 Å². The summed E-state index contributed by atoms with van der Waals surface area (Å²) in [4.78, 5) is -0.651. The van der Waals surface area contributed by atoms with Crippen LogP contribution in [0.25, 0.3) is 0 Å². The van der Waals surface area contributed by atoms with Gasteiger partial charge in [-0.3, -0.25) is 4.72 Å². The fourth-order valence-electron chi connectivity index (χ4n) is 1.66. The summed E-state index contributed by atoms with van der Waals surface area (Å²) in [5, 5.41) is 0.0495. The van der Waals surface area contributed by atoms with Gasteiger partial charge < -0.3 is 0 Å². The van der Waals surface area contributed by atoms with Gasteiger partial charge in [-0.25, -0.2) is 12.8 Å². The van der Waals surface area contributed by atoms with Crippen LogP contribution in [0.1, 0.15) is 5.56 Å². The number of anilines is 1. The molecule has 3 nitrogen and oxygen atoms in total. The Morgan fingerprint density at radius 2 is 1.74 bits per heavy atom. The normalized spacial score (nSPS) is 12.3. The molecule has 23 heavy (non-hydrogen) atoms. The van der Waals surface area contributed by atoms with Crippen LogP contribution in [0.4, 0.5) is 23.2 Å². The number of benzene rings is 2. The van der Waals surface area contributed by atoms with E-state index in [9.17, 15) is 26.0 Å². The van der Waals surface area contributed by atoms with Crippen molar-refractivity contribution < 1.29 is 26.0 Å². The lowest BCUT2D eigenvalue weighted by Gasteiger charge is -2.13. The average Bonchev–Trinajstić information content (AvgIpc) is 2.41. The molecule has 0 saturated heterocycles. The number of hydrogen-bond acceptors (Lipinski definition) is 2. The molecule has 2 rings (SSSR count). The SMILES string of the molecule is O=S(=O)(Nc1ccc(Cl)cc1F)c1ccc(Br)c(C(F)(F)F)c1. The molecule has 2 aromatic rings. The number of nitrogens with one attached hydrogen (secondary N) is 1. The molecule has 2 aromatic carbocycles. The zero-order valence-corrected chi connectivity index (χ0v) is 14.1. The van der Waals surface area contributed by atoms with Crippen molar-refractivity contribution in [1.29, 1.82) is 0 Å². The number of rotatable bonds is 3. The van der Waals surface area contributed by atoms with E-state index < -0.39 is 38.2 Å². The maximum Gasteiger partial charge on any atom is 0.417 e. The third-order valence-corrected chi connectivity index (χ3v) is 5.02. The quantitative estimate of drug-likeness (QED) is 0.689. The molecule has 0 bridgehead atoms. The van der Waals surface area contributed by atoms with E-state index in [-0.39, 0.29) is 9.50 Å². The van der Waals surface area contributed by atoms with Crippen LogP contribution in [-0.2, 0) is 16.2 Å². The van der Waals surface area contributed by atoms with Gasteiger partial charge in [0.15, 0.2) is 0 Å². The fourth-order valence-corrected chi connectivity index (χ4v) is 3.39. The van der Waals surface area contributed by atoms with Crippen molar-refractivity contribution in [2.45, 2.75) is 11.1 Å². The van der Waals surface area contributed by atoms with Crippen molar-refractivity contribution in [2.75, 3.05) is 4.72 Å². The van der Waals surface area contributed by atoms with Crippen LogP contribution in [0.5, 0.6) is 0 Å². The topological polar surface area (TPSA) is 46.2 Å². The van der Waals surface area contributed by atoms with Gasteiger partial charge in [-0.1, -0.05) is 27.5 Å². The Balaban J connectivity index is 2.44. The van der Waals surface area contributed by atoms with Crippen LogP contribution >= 0.6 is 27.5 Å². The summed E-state index contributed by atoms with van der Waals surface area (Å²) in [5.74, 6) is -0.950. The summed E-state index contributed by atoms with van der Waals surface area (Å²) in [6.45, 7) is 0. The Kier molecular flexibility index (Phi) is 4.93. The predicted octanol–water partition coefficient (Wildman–Crippen LogP) is 5.06. The van der Waals surface area contributed by atoms with Crippen molar-refractivity contribution >= 4 is 43.2 Å². The molecule has 0 unspecified atom stereocenters. The summed E-state index contributed by atoms with van der Waals surface area (Å²) in [6.07, 6.45) is -4.74. The fraction of sp³-hybridized carbons (Fsp3) is 0.0769. The summed E-state index contributed by atoms with van der Waals surface area (Å²) >= 11 is 8.26. The highest BCUT2D eigenvalue weighted by atomic mass is 79.9. The molecule has 0 aromatic heterocycles. The Hall–Kier alpha value is -1.32. The van der Waals surface area contributed by atoms with Gasteiger partial charge in [0.05, 0.1) is 16.1 Å². The highest BCUT2D eigenvalue weighted by Crippen LogP contribution is 2.36. The van der Waals surface area contributed by atoms with Crippen LogP contribution in [0.15, 0.2) is 45.8 Å². The smallest absolute Gasteiger partial charge is 0.277 e. The molecule has 0 fully saturated rings. The maximum atomic E-state index is 13.6. The zero-order valence-electron chi connectivity index (χ0n) is 11.0. The molecule has 0 aliphatic carbocycles. The van der Waals surface area contributed by atoms with E-state index in [1.165, 1.54) is 6.07 Å². The van der Waals surface area contributed by atoms with E-state index >= 15 is 0 Å². The first-order chi connectivity index (χ1) is 10.5. The Bertz CT molecular complexity index is 856. The second-order valence-electron chi connectivity index (χ2n) is 4.37. The van der Waals surface area contributed by atoms with Crippen molar-refractivity contribution in [1.82, 2.24) is 0 Å². The monoisotopic (exact) mass is 431 g/mol. The van der Waals surface area contributed by atoms with Gasteiger partial charge in [-0.05, 0) is 36.4 Å². The number of halogens is 6. The molecule has 0 aliphatic heterocycles. The molecule has 0 heterocycles. The van der Waals surface area contributed by atoms with E-state index in [4.69, 9.17) is 11.6 Å². The minimum absolute atomic E-state index is 0.0495. The van der Waals surface area contributed by atoms with E-state index in [2.05, 4.69) is 15.9 Å². The largest absolute Gasteiger partial charge is 0.417 e. The van der Waals surface area contributed by atoms with Crippen LogP contribution in [0, 0.1) is 5.82 Å². The Morgan fingerprint density at radius 3 is 2.30 bits per heavy atom. The maximum absolute atomic E-state index is 13.6. The molecular formula is C13H7BrClF4NO2S. The summed E-state index contributed by atoms with van der Waals surface area (Å²) < 4.78 is 78.0. The first-order valence-electron chi connectivity index (χ1n) is 5.85. The second-order valence-corrected chi connectivity index (χ2v) is 7.34. The van der Waals surface area contributed by atoms with E-state index in [0.717, 1.165) is 24.3 Å². The summed E-state index contributed by atoms with van der Waals surface area (Å²) in [6, 6.07) is 5.57. The third kappa shape index (κ3) is 4.15. The number of sulfonamides is 1. The molecule has 124 valence electrons. The first-order valence-corrected chi connectivity index (χ1v) is 8.51. The highest BCUT2D eigenvalue weighted by molar-refractivity contribution is 9.10. The van der Waals surface area contributed by atoms with Crippen molar-refractivity contribution in [3.63, 3.8) is 0 Å². The zero-order chi connectivity index (χ0) is 17.4. The number of hydrogen-bond donors (Lipinski definition) is 1. The molecule has 0 aliphatic rings. The molecule has 0 atom stereocenters. The molecule has 10 heteroatoms. The standard InChI is InChI=1S/C13H7BrClF4NO2S/c14-10-3-2-8(6-9(10)13(17,18)19)23(21,22)20-12-4-1-7(15)5-11(12)16/h1-6,20H. The predicted molar refractivity (Wildman–Crippen MR) is 81.4 cm³/mol. The molecule has 0 amide bonds. The minimum Gasteiger partial charge on any atom is -0.277 e. The van der Waals surface area contributed by atoms with Crippen molar-refractivity contribution in [3.05, 3.63) is 57.3 Å². The van der Waals surface area contributed by atoms with Gasteiger partial charge in [0.2, 0.25) is 0 Å². The number of alkyl halides is 3. The first kappa shape index (κ1) is 18.0. The van der Waals surface area contributed by atoms with Crippen LogP contribution < -0.4 is 4.72 Å². The Labute approximate surface area is 142 Å². The van der Waals surface area contributed by atoms with Crippen LogP contribution in [-0.4, -0.2) is 8.42 Å². The molecule has 0 radical (unpaired) electrons. The average molecular weight is 433 g/mol. The summed E-state index contributed by atoms with van der Waals surface area (Å²) in [5.41, 5.74) is -1.58. The van der Waals surface area contributed by atoms with Crippen molar-refractivity contribution in [2.24, 2.45) is 0 Å². The van der Waals surface area contributed by atoms with Crippen molar-refractivity contribution in [3.8, 4) is 0 Å². The van der Waals surface area contributed by atoms with Gasteiger partial charge in [0.1, 0.15) is 5.82 Å². The molecular weight excluding hydrogens is 426 g/mol. The minimum atomic E-state index is -4.74. The van der Waals surface area contributed by atoms with Gasteiger partial charge in [-0.2, -0.15) is 13.2 Å². The lowest BCUT2D eigenvalue weighted by molar-refractivity contribution is -0.138.